The number of rotatable bonds is 8. The van der Waals surface area contributed by atoms with E-state index in [4.69, 9.17) is 4.74 Å². The molecular weight excluding hydrogens is 466 g/mol. The zero-order valence-corrected chi connectivity index (χ0v) is 22.3. The van der Waals surface area contributed by atoms with Crippen LogP contribution < -0.4 is 9.64 Å². The van der Waals surface area contributed by atoms with Crippen LogP contribution in [0, 0.1) is 6.92 Å². The van der Waals surface area contributed by atoms with Gasteiger partial charge in [0.15, 0.2) is 0 Å². The highest BCUT2D eigenvalue weighted by molar-refractivity contribution is 6.30. The van der Waals surface area contributed by atoms with Gasteiger partial charge in [0.25, 0.3) is 11.8 Å². The summed E-state index contributed by atoms with van der Waals surface area (Å²) in [6.07, 6.45) is 8.18. The number of urea groups is 1. The van der Waals surface area contributed by atoms with E-state index >= 15 is 0 Å². The maximum absolute atomic E-state index is 12.5. The van der Waals surface area contributed by atoms with Crippen LogP contribution in [0.1, 0.15) is 61.6 Å². The number of benzene rings is 2. The van der Waals surface area contributed by atoms with E-state index < -0.39 is 17.8 Å². The van der Waals surface area contributed by atoms with Crippen molar-refractivity contribution in [1.29, 1.82) is 0 Å². The summed E-state index contributed by atoms with van der Waals surface area (Å²) in [7, 11) is 2.76. The highest BCUT2D eigenvalue weighted by Gasteiger charge is 2.37. The molecule has 1 saturated carbocycles. The van der Waals surface area contributed by atoms with Crippen molar-refractivity contribution in [1.82, 2.24) is 9.80 Å². The van der Waals surface area contributed by atoms with Crippen molar-refractivity contribution in [3.63, 3.8) is 0 Å². The molecule has 0 radical (unpaired) electrons. The van der Waals surface area contributed by atoms with Crippen molar-refractivity contribution in [3.05, 3.63) is 64.7 Å². The first-order valence-electron chi connectivity index (χ1n) is 13.2. The number of likely N-dealkylation sites (N-methyl/N-ethyl adjacent to an activating group) is 3. The van der Waals surface area contributed by atoms with Crippen LogP contribution in [0.5, 0.6) is 5.75 Å². The Balaban J connectivity index is 1.38. The Morgan fingerprint density at radius 2 is 1.59 bits per heavy atom. The van der Waals surface area contributed by atoms with Crippen molar-refractivity contribution < 1.29 is 19.1 Å². The third kappa shape index (κ3) is 5.87. The lowest BCUT2D eigenvalue weighted by Gasteiger charge is -2.29. The fraction of sp³-hybridized carbons (Fsp3) is 0.433. The summed E-state index contributed by atoms with van der Waals surface area (Å²) in [6.45, 7) is 6.17. The molecule has 37 heavy (non-hydrogen) atoms. The van der Waals surface area contributed by atoms with Crippen LogP contribution in [-0.2, 0) is 9.59 Å². The lowest BCUT2D eigenvalue weighted by molar-refractivity contribution is -0.134. The molecule has 2 aromatic rings. The molecule has 7 nitrogen and oxygen atoms in total. The minimum atomic E-state index is -0.625. The normalized spacial score (nSPS) is 16.9. The van der Waals surface area contributed by atoms with Crippen LogP contribution >= 0.6 is 0 Å². The van der Waals surface area contributed by atoms with Gasteiger partial charge >= 0.3 is 6.03 Å². The quantitative estimate of drug-likeness (QED) is 0.357. The minimum absolute atomic E-state index is 0.0179. The molecule has 0 aromatic heterocycles. The van der Waals surface area contributed by atoms with E-state index in [0.717, 1.165) is 45.5 Å². The van der Waals surface area contributed by atoms with Crippen LogP contribution in [-0.4, -0.2) is 61.4 Å². The molecule has 2 aromatic carbocycles. The Morgan fingerprint density at radius 3 is 2.19 bits per heavy atom. The van der Waals surface area contributed by atoms with Crippen LogP contribution in [0.25, 0.3) is 6.08 Å². The summed E-state index contributed by atoms with van der Waals surface area (Å²) in [5, 5.41) is 0. The van der Waals surface area contributed by atoms with Gasteiger partial charge in [0.2, 0.25) is 0 Å². The maximum Gasteiger partial charge on any atom is 0.333 e. The number of imide groups is 2. The van der Waals surface area contributed by atoms with Gasteiger partial charge in [-0.05, 0) is 79.6 Å². The summed E-state index contributed by atoms with van der Waals surface area (Å²) < 4.78 is 6.05. The van der Waals surface area contributed by atoms with Gasteiger partial charge in [-0.15, -0.1) is 0 Å². The first kappa shape index (κ1) is 26.5. The summed E-state index contributed by atoms with van der Waals surface area (Å²) in [4.78, 5) is 41.2. The number of carbonyl (C=O) groups excluding carboxylic acids is 3. The third-order valence-corrected chi connectivity index (χ3v) is 7.53. The zero-order chi connectivity index (χ0) is 26.5. The number of nitrogens with zero attached hydrogens (tertiary/aromatic N) is 3. The number of amides is 4. The molecular formula is C30H37N3O4. The van der Waals surface area contributed by atoms with Gasteiger partial charge in [0, 0.05) is 26.3 Å². The van der Waals surface area contributed by atoms with Crippen molar-refractivity contribution in [2.75, 3.05) is 38.7 Å². The molecule has 7 heteroatoms. The molecule has 1 saturated heterocycles. The summed E-state index contributed by atoms with van der Waals surface area (Å²) in [5.74, 6) is 0.411. The molecule has 2 fully saturated rings. The summed E-state index contributed by atoms with van der Waals surface area (Å²) in [5.41, 5.74) is 4.15. The molecule has 1 heterocycles. The third-order valence-electron chi connectivity index (χ3n) is 7.53. The number of hydrogen-bond acceptors (Lipinski definition) is 5. The molecule has 0 unspecified atom stereocenters. The van der Waals surface area contributed by atoms with Crippen molar-refractivity contribution >= 4 is 29.6 Å². The van der Waals surface area contributed by atoms with Crippen LogP contribution in [0.2, 0.25) is 0 Å². The number of aryl methyl sites for hydroxylation is 1. The van der Waals surface area contributed by atoms with Gasteiger partial charge in [0.1, 0.15) is 17.9 Å². The minimum Gasteiger partial charge on any atom is -0.492 e. The van der Waals surface area contributed by atoms with Gasteiger partial charge in [-0.1, -0.05) is 37.5 Å². The largest absolute Gasteiger partial charge is 0.492 e. The Labute approximate surface area is 219 Å². The number of carbonyl (C=O) groups is 3. The SMILES string of the molecule is CCN(CCOc1ccc(C2CCCCC2)cc1)c1ccc(C=C2C(=O)N(C)C(=O)N(C)C2=O)c(C)c1. The lowest BCUT2D eigenvalue weighted by atomic mass is 9.84. The van der Waals surface area contributed by atoms with Gasteiger partial charge in [-0.3, -0.25) is 19.4 Å². The fourth-order valence-electron chi connectivity index (χ4n) is 5.16. The fourth-order valence-corrected chi connectivity index (χ4v) is 5.16. The van der Waals surface area contributed by atoms with Gasteiger partial charge in [-0.2, -0.15) is 0 Å². The van der Waals surface area contributed by atoms with Gasteiger partial charge in [0.05, 0.1) is 6.54 Å². The van der Waals surface area contributed by atoms with E-state index in [2.05, 4.69) is 36.1 Å². The molecule has 0 N–H and O–H groups in total. The standard InChI is InChI=1S/C30H37N3O4/c1-5-33(17-18-37-26-15-12-23(13-16-26)22-9-7-6-8-10-22)25-14-11-24(21(2)19-25)20-27-28(34)31(3)30(36)32(4)29(27)35/h11-16,19-20,22H,5-10,17-18H2,1-4H3. The van der Waals surface area contributed by atoms with E-state index in [-0.39, 0.29) is 5.57 Å². The highest BCUT2D eigenvalue weighted by atomic mass is 16.5. The number of ether oxygens (including phenoxy) is 1. The molecule has 0 spiro atoms. The van der Waals surface area contributed by atoms with E-state index in [0.29, 0.717) is 12.5 Å². The smallest absolute Gasteiger partial charge is 0.333 e. The molecule has 1 aliphatic carbocycles. The first-order valence-corrected chi connectivity index (χ1v) is 13.2. The number of barbiturate groups is 1. The van der Waals surface area contributed by atoms with Gasteiger partial charge < -0.3 is 9.64 Å². The average molecular weight is 504 g/mol. The van der Waals surface area contributed by atoms with Crippen molar-refractivity contribution in [2.24, 2.45) is 0 Å². The van der Waals surface area contributed by atoms with Crippen LogP contribution in [0.15, 0.2) is 48.0 Å². The Kier molecular flexibility index (Phi) is 8.31. The molecule has 0 bridgehead atoms. The van der Waals surface area contributed by atoms with Crippen molar-refractivity contribution in [2.45, 2.75) is 51.9 Å². The first-order chi connectivity index (χ1) is 17.8. The summed E-state index contributed by atoms with van der Waals surface area (Å²) >= 11 is 0. The van der Waals surface area contributed by atoms with Crippen LogP contribution in [0.3, 0.4) is 0 Å². The monoisotopic (exact) mass is 503 g/mol. The Morgan fingerprint density at radius 1 is 0.946 bits per heavy atom. The second-order valence-electron chi connectivity index (χ2n) is 9.94. The topological polar surface area (TPSA) is 70.2 Å². The van der Waals surface area contributed by atoms with Crippen LogP contribution in [0.4, 0.5) is 10.5 Å². The highest BCUT2D eigenvalue weighted by Crippen LogP contribution is 2.33. The molecule has 2 aliphatic rings. The maximum atomic E-state index is 12.5. The molecule has 4 rings (SSSR count). The molecule has 196 valence electrons. The van der Waals surface area contributed by atoms with E-state index in [9.17, 15) is 14.4 Å². The molecule has 1 aliphatic heterocycles. The predicted molar refractivity (Wildman–Crippen MR) is 146 cm³/mol. The Hall–Kier alpha value is -3.61. The number of hydrogen-bond donors (Lipinski definition) is 0. The Bertz CT molecular complexity index is 1160. The summed E-state index contributed by atoms with van der Waals surface area (Å²) in [6, 6.07) is 13.9. The van der Waals surface area contributed by atoms with Gasteiger partial charge in [-0.25, -0.2) is 4.79 Å². The molecule has 0 atom stereocenters. The van der Waals surface area contributed by atoms with E-state index in [1.54, 1.807) is 6.08 Å². The van der Waals surface area contributed by atoms with E-state index in [1.807, 2.05) is 25.1 Å². The lowest BCUT2D eigenvalue weighted by Crippen LogP contribution is -2.52. The number of anilines is 1. The predicted octanol–water partition coefficient (Wildman–Crippen LogP) is 5.38. The zero-order valence-electron chi connectivity index (χ0n) is 22.3. The second-order valence-corrected chi connectivity index (χ2v) is 9.94. The van der Waals surface area contributed by atoms with E-state index in [1.165, 1.54) is 51.8 Å². The molecule has 4 amide bonds. The van der Waals surface area contributed by atoms with Crippen molar-refractivity contribution in [3.8, 4) is 5.75 Å². The second kappa shape index (κ2) is 11.6. The average Bonchev–Trinajstić information content (AvgIpc) is 2.93.